The van der Waals surface area contributed by atoms with E-state index in [0.717, 1.165) is 24.9 Å². The average Bonchev–Trinajstić information content (AvgIpc) is 3.12. The average molecular weight is 339 g/mol. The van der Waals surface area contributed by atoms with E-state index in [2.05, 4.69) is 0 Å². The number of para-hydroxylation sites is 1. The number of benzene rings is 2. The molecule has 0 heterocycles. The molecule has 0 radical (unpaired) electrons. The van der Waals surface area contributed by atoms with Gasteiger partial charge in [-0.05, 0) is 54.7 Å². The third-order valence-corrected chi connectivity index (χ3v) is 4.30. The zero-order chi connectivity index (χ0) is 17.6. The van der Waals surface area contributed by atoms with Crippen molar-refractivity contribution in [3.63, 3.8) is 0 Å². The number of aryl methyl sites for hydroxylation is 2. The molecule has 5 heteroatoms. The van der Waals surface area contributed by atoms with E-state index in [1.165, 1.54) is 16.0 Å². The van der Waals surface area contributed by atoms with Crippen molar-refractivity contribution in [1.29, 1.82) is 0 Å². The van der Waals surface area contributed by atoms with Gasteiger partial charge in [0.15, 0.2) is 13.2 Å². The highest BCUT2D eigenvalue weighted by atomic mass is 16.6. The van der Waals surface area contributed by atoms with E-state index in [1.54, 1.807) is 7.05 Å². The Morgan fingerprint density at radius 1 is 1.00 bits per heavy atom. The van der Waals surface area contributed by atoms with Crippen LogP contribution in [-0.2, 0) is 27.2 Å². The summed E-state index contributed by atoms with van der Waals surface area (Å²) in [5.74, 6) is -0.197. The Balaban J connectivity index is 1.44. The van der Waals surface area contributed by atoms with Crippen molar-refractivity contribution in [3.8, 4) is 5.75 Å². The highest BCUT2D eigenvalue weighted by Gasteiger charge is 2.15. The molecule has 2 aromatic carbocycles. The van der Waals surface area contributed by atoms with Crippen molar-refractivity contribution in [2.75, 3.05) is 25.2 Å². The molecule has 0 bridgehead atoms. The van der Waals surface area contributed by atoms with Gasteiger partial charge in [0.2, 0.25) is 0 Å². The number of nitrogens with zero attached hydrogens (tertiary/aromatic N) is 1. The van der Waals surface area contributed by atoms with Crippen LogP contribution in [0.1, 0.15) is 17.5 Å². The lowest BCUT2D eigenvalue weighted by molar-refractivity contribution is -0.149. The summed E-state index contributed by atoms with van der Waals surface area (Å²) in [7, 11) is 1.65. The van der Waals surface area contributed by atoms with Gasteiger partial charge >= 0.3 is 5.97 Å². The van der Waals surface area contributed by atoms with Gasteiger partial charge in [-0.2, -0.15) is 0 Å². The Bertz CT molecular complexity index is 758. The number of esters is 1. The number of hydrogen-bond donors (Lipinski definition) is 0. The molecule has 130 valence electrons. The van der Waals surface area contributed by atoms with Gasteiger partial charge in [-0.3, -0.25) is 4.79 Å². The Kier molecular flexibility index (Phi) is 5.33. The van der Waals surface area contributed by atoms with Crippen LogP contribution in [-0.4, -0.2) is 32.1 Å². The van der Waals surface area contributed by atoms with Gasteiger partial charge in [0, 0.05) is 12.7 Å². The minimum Gasteiger partial charge on any atom is -0.482 e. The van der Waals surface area contributed by atoms with E-state index < -0.39 is 5.97 Å². The number of hydrogen-bond acceptors (Lipinski definition) is 4. The Morgan fingerprint density at radius 2 is 1.76 bits per heavy atom. The second kappa shape index (κ2) is 7.83. The number of rotatable bonds is 6. The number of ether oxygens (including phenoxy) is 2. The number of fused-ring (bicyclic) bond motifs is 1. The molecular formula is C20H21NO4. The molecule has 0 spiro atoms. The monoisotopic (exact) mass is 339 g/mol. The van der Waals surface area contributed by atoms with Crippen LogP contribution in [0.4, 0.5) is 5.69 Å². The molecule has 0 fully saturated rings. The fraction of sp³-hybridized carbons (Fsp3) is 0.300. The summed E-state index contributed by atoms with van der Waals surface area (Å²) >= 11 is 0. The van der Waals surface area contributed by atoms with Crippen LogP contribution in [0.3, 0.4) is 0 Å². The van der Waals surface area contributed by atoms with Crippen LogP contribution in [0.15, 0.2) is 48.5 Å². The summed E-state index contributed by atoms with van der Waals surface area (Å²) < 4.78 is 10.5. The van der Waals surface area contributed by atoms with E-state index in [1.807, 2.05) is 48.5 Å². The molecule has 0 saturated heterocycles. The van der Waals surface area contributed by atoms with Gasteiger partial charge in [-0.25, -0.2) is 4.79 Å². The molecule has 0 aromatic heterocycles. The van der Waals surface area contributed by atoms with Gasteiger partial charge in [0.1, 0.15) is 5.75 Å². The van der Waals surface area contributed by atoms with Gasteiger partial charge < -0.3 is 14.4 Å². The fourth-order valence-corrected chi connectivity index (χ4v) is 2.86. The largest absolute Gasteiger partial charge is 0.482 e. The number of carbonyl (C=O) groups excluding carboxylic acids is 2. The molecular weight excluding hydrogens is 318 g/mol. The second-order valence-electron chi connectivity index (χ2n) is 6.02. The van der Waals surface area contributed by atoms with Gasteiger partial charge in [-0.1, -0.05) is 24.3 Å². The Labute approximate surface area is 147 Å². The molecule has 5 nitrogen and oxygen atoms in total. The lowest BCUT2D eigenvalue weighted by atomic mass is 10.1. The van der Waals surface area contributed by atoms with Gasteiger partial charge in [-0.15, -0.1) is 0 Å². The smallest absolute Gasteiger partial charge is 0.344 e. The maximum atomic E-state index is 12.1. The zero-order valence-corrected chi connectivity index (χ0v) is 14.2. The predicted molar refractivity (Wildman–Crippen MR) is 94.8 cm³/mol. The van der Waals surface area contributed by atoms with Crippen molar-refractivity contribution in [1.82, 2.24) is 0 Å². The SMILES string of the molecule is CN(C(=O)COC(=O)COc1ccc2c(c1)CCC2)c1ccccc1. The third-order valence-electron chi connectivity index (χ3n) is 4.30. The van der Waals surface area contributed by atoms with Crippen LogP contribution < -0.4 is 9.64 Å². The predicted octanol–water partition coefficient (Wildman–Crippen LogP) is 2.76. The molecule has 1 aliphatic carbocycles. The van der Waals surface area contributed by atoms with Gasteiger partial charge in [0.05, 0.1) is 0 Å². The summed E-state index contributed by atoms with van der Waals surface area (Å²) in [6, 6.07) is 15.1. The number of amides is 1. The quantitative estimate of drug-likeness (QED) is 0.760. The lowest BCUT2D eigenvalue weighted by Gasteiger charge is -2.17. The molecule has 3 rings (SSSR count). The summed E-state index contributed by atoms with van der Waals surface area (Å²) in [6.45, 7) is -0.515. The first-order chi connectivity index (χ1) is 12.1. The van der Waals surface area contributed by atoms with Crippen LogP contribution >= 0.6 is 0 Å². The van der Waals surface area contributed by atoms with E-state index in [-0.39, 0.29) is 19.1 Å². The van der Waals surface area contributed by atoms with Crippen molar-refractivity contribution < 1.29 is 19.1 Å². The highest BCUT2D eigenvalue weighted by molar-refractivity contribution is 5.94. The standard InChI is InChI=1S/C20H21NO4/c1-21(17-8-3-2-4-9-17)19(22)13-25-20(23)14-24-18-11-10-15-6-5-7-16(15)12-18/h2-4,8-12H,5-7,13-14H2,1H3. The van der Waals surface area contributed by atoms with Crippen molar-refractivity contribution in [3.05, 3.63) is 59.7 Å². The zero-order valence-electron chi connectivity index (χ0n) is 14.2. The van der Waals surface area contributed by atoms with E-state index in [9.17, 15) is 9.59 Å². The fourth-order valence-electron chi connectivity index (χ4n) is 2.86. The Morgan fingerprint density at radius 3 is 2.56 bits per heavy atom. The molecule has 1 amide bonds. The topological polar surface area (TPSA) is 55.8 Å². The molecule has 0 atom stereocenters. The molecule has 0 N–H and O–H groups in total. The second-order valence-corrected chi connectivity index (χ2v) is 6.02. The number of anilines is 1. The molecule has 0 unspecified atom stereocenters. The van der Waals surface area contributed by atoms with Crippen molar-refractivity contribution >= 4 is 17.6 Å². The molecule has 2 aromatic rings. The number of likely N-dealkylation sites (N-methyl/N-ethyl adjacent to an activating group) is 1. The molecule has 0 aliphatic heterocycles. The van der Waals surface area contributed by atoms with Crippen LogP contribution in [0.5, 0.6) is 5.75 Å². The normalized spacial score (nSPS) is 12.4. The van der Waals surface area contributed by atoms with Crippen molar-refractivity contribution in [2.45, 2.75) is 19.3 Å². The van der Waals surface area contributed by atoms with E-state index in [4.69, 9.17) is 9.47 Å². The highest BCUT2D eigenvalue weighted by Crippen LogP contribution is 2.25. The first kappa shape index (κ1) is 17.0. The van der Waals surface area contributed by atoms with Crippen LogP contribution in [0.2, 0.25) is 0 Å². The lowest BCUT2D eigenvalue weighted by Crippen LogP contribution is -2.31. The Hall–Kier alpha value is -2.82. The molecule has 0 saturated carbocycles. The third kappa shape index (κ3) is 4.38. The minimum absolute atomic E-state index is 0.207. The minimum atomic E-state index is -0.560. The van der Waals surface area contributed by atoms with Crippen molar-refractivity contribution in [2.24, 2.45) is 0 Å². The molecule has 25 heavy (non-hydrogen) atoms. The van der Waals surface area contributed by atoms with Crippen LogP contribution in [0.25, 0.3) is 0 Å². The first-order valence-electron chi connectivity index (χ1n) is 8.35. The molecule has 1 aliphatic rings. The summed E-state index contributed by atoms with van der Waals surface area (Å²) in [4.78, 5) is 25.3. The van der Waals surface area contributed by atoms with Crippen LogP contribution in [0, 0.1) is 0 Å². The maximum Gasteiger partial charge on any atom is 0.344 e. The number of carbonyl (C=O) groups is 2. The van der Waals surface area contributed by atoms with E-state index in [0.29, 0.717) is 5.75 Å². The summed E-state index contributed by atoms with van der Waals surface area (Å²) in [5.41, 5.74) is 3.38. The maximum absolute atomic E-state index is 12.1. The first-order valence-corrected chi connectivity index (χ1v) is 8.35. The van der Waals surface area contributed by atoms with Gasteiger partial charge in [0.25, 0.3) is 5.91 Å². The summed E-state index contributed by atoms with van der Waals surface area (Å²) in [6.07, 6.45) is 3.32. The summed E-state index contributed by atoms with van der Waals surface area (Å²) in [5, 5.41) is 0. The van der Waals surface area contributed by atoms with E-state index >= 15 is 0 Å².